The van der Waals surface area contributed by atoms with Crippen LogP contribution >= 0.6 is 0 Å². The van der Waals surface area contributed by atoms with Gasteiger partial charge in [-0.3, -0.25) is 4.79 Å². The maximum absolute atomic E-state index is 14.1. The van der Waals surface area contributed by atoms with Gasteiger partial charge in [-0.15, -0.1) is 0 Å². The summed E-state index contributed by atoms with van der Waals surface area (Å²) in [6.07, 6.45) is 0. The molecule has 1 amide bonds. The molecule has 2 aromatic rings. The standard InChI is InChI=1S/C19H20FNO4/c1-19(2,3)18(23)25-21-17(22)14-10-7-11-15(20)16(14)24-12-13-8-5-4-6-9-13/h4-11H,12H2,1-3H3,(H,21,22). The summed E-state index contributed by atoms with van der Waals surface area (Å²) in [7, 11) is 0. The molecule has 0 aromatic heterocycles. The minimum absolute atomic E-state index is 0.0577. The molecule has 2 rings (SSSR count). The van der Waals surface area contributed by atoms with E-state index in [4.69, 9.17) is 9.57 Å². The average molecular weight is 345 g/mol. The number of rotatable bonds is 4. The number of hydroxylamine groups is 1. The van der Waals surface area contributed by atoms with Gasteiger partial charge in [0, 0.05) is 0 Å². The molecule has 25 heavy (non-hydrogen) atoms. The van der Waals surface area contributed by atoms with Gasteiger partial charge < -0.3 is 9.57 Å². The van der Waals surface area contributed by atoms with Crippen LogP contribution in [0.4, 0.5) is 4.39 Å². The van der Waals surface area contributed by atoms with E-state index in [-0.39, 0.29) is 17.9 Å². The lowest BCUT2D eigenvalue weighted by molar-refractivity contribution is -0.158. The van der Waals surface area contributed by atoms with Gasteiger partial charge in [0.1, 0.15) is 6.61 Å². The van der Waals surface area contributed by atoms with E-state index < -0.39 is 23.1 Å². The number of benzene rings is 2. The van der Waals surface area contributed by atoms with Gasteiger partial charge in [-0.05, 0) is 38.5 Å². The van der Waals surface area contributed by atoms with Crippen molar-refractivity contribution in [3.05, 3.63) is 65.5 Å². The zero-order chi connectivity index (χ0) is 18.4. The quantitative estimate of drug-likeness (QED) is 0.859. The zero-order valence-electron chi connectivity index (χ0n) is 14.3. The van der Waals surface area contributed by atoms with Crippen molar-refractivity contribution in [3.63, 3.8) is 0 Å². The highest BCUT2D eigenvalue weighted by molar-refractivity contribution is 5.97. The number of hydrogen-bond donors (Lipinski definition) is 1. The molecule has 0 bridgehead atoms. The second-order valence-corrected chi connectivity index (χ2v) is 6.46. The number of ether oxygens (including phenoxy) is 1. The molecule has 0 unspecified atom stereocenters. The second-order valence-electron chi connectivity index (χ2n) is 6.46. The summed E-state index contributed by atoms with van der Waals surface area (Å²) >= 11 is 0. The maximum Gasteiger partial charge on any atom is 0.337 e. The van der Waals surface area contributed by atoms with Crippen molar-refractivity contribution in [1.29, 1.82) is 0 Å². The predicted molar refractivity (Wildman–Crippen MR) is 90.2 cm³/mol. The van der Waals surface area contributed by atoms with Crippen LogP contribution in [-0.2, 0) is 16.2 Å². The Kier molecular flexibility index (Phi) is 5.75. The molecule has 0 spiro atoms. The Balaban J connectivity index is 2.11. The van der Waals surface area contributed by atoms with E-state index in [1.54, 1.807) is 20.8 Å². The summed E-state index contributed by atoms with van der Waals surface area (Å²) in [6, 6.07) is 13.1. The third kappa shape index (κ3) is 5.04. The number of amides is 1. The minimum Gasteiger partial charge on any atom is -0.485 e. The molecule has 132 valence electrons. The lowest BCUT2D eigenvalue weighted by Crippen LogP contribution is -2.33. The van der Waals surface area contributed by atoms with E-state index in [0.717, 1.165) is 5.56 Å². The smallest absolute Gasteiger partial charge is 0.337 e. The molecule has 5 nitrogen and oxygen atoms in total. The number of carbonyl (C=O) groups is 2. The van der Waals surface area contributed by atoms with Crippen molar-refractivity contribution in [2.24, 2.45) is 5.41 Å². The van der Waals surface area contributed by atoms with Gasteiger partial charge in [0.05, 0.1) is 11.0 Å². The summed E-state index contributed by atoms with van der Waals surface area (Å²) in [5, 5.41) is 0. The Labute approximate surface area is 145 Å². The van der Waals surface area contributed by atoms with E-state index in [0.29, 0.717) is 0 Å². The molecule has 2 aromatic carbocycles. The van der Waals surface area contributed by atoms with Crippen LogP contribution in [0.25, 0.3) is 0 Å². The first-order valence-electron chi connectivity index (χ1n) is 7.76. The van der Waals surface area contributed by atoms with Crippen LogP contribution in [0.3, 0.4) is 0 Å². The molecule has 0 atom stereocenters. The van der Waals surface area contributed by atoms with E-state index in [1.165, 1.54) is 18.2 Å². The highest BCUT2D eigenvalue weighted by Crippen LogP contribution is 2.24. The van der Waals surface area contributed by atoms with Gasteiger partial charge in [-0.1, -0.05) is 36.4 Å². The molecule has 0 aliphatic heterocycles. The number of carbonyl (C=O) groups excluding carboxylic acids is 2. The average Bonchev–Trinajstić information content (AvgIpc) is 2.58. The van der Waals surface area contributed by atoms with E-state index >= 15 is 0 Å². The fourth-order valence-electron chi connectivity index (χ4n) is 1.86. The minimum atomic E-state index is -0.776. The lowest BCUT2D eigenvalue weighted by Gasteiger charge is -2.17. The van der Waals surface area contributed by atoms with Gasteiger partial charge in [0.15, 0.2) is 11.6 Å². The summed E-state index contributed by atoms with van der Waals surface area (Å²) in [4.78, 5) is 28.7. The summed E-state index contributed by atoms with van der Waals surface area (Å²) in [5.41, 5.74) is 2.03. The van der Waals surface area contributed by atoms with Crippen molar-refractivity contribution < 1.29 is 23.6 Å². The molecular weight excluding hydrogens is 325 g/mol. The van der Waals surface area contributed by atoms with Crippen molar-refractivity contribution in [3.8, 4) is 5.75 Å². The first-order chi connectivity index (χ1) is 11.8. The topological polar surface area (TPSA) is 64.6 Å². The Hall–Kier alpha value is -2.89. The molecule has 6 heteroatoms. The number of halogens is 1. The van der Waals surface area contributed by atoms with Crippen molar-refractivity contribution in [2.75, 3.05) is 0 Å². The third-order valence-corrected chi connectivity index (χ3v) is 3.29. The number of hydrogen-bond acceptors (Lipinski definition) is 4. The maximum atomic E-state index is 14.1. The Morgan fingerprint density at radius 2 is 1.72 bits per heavy atom. The monoisotopic (exact) mass is 345 g/mol. The molecule has 0 aliphatic rings. The molecule has 0 aliphatic carbocycles. The first kappa shape index (κ1) is 18.4. The number of para-hydroxylation sites is 1. The molecule has 0 saturated carbocycles. The van der Waals surface area contributed by atoms with Gasteiger partial charge in [-0.25, -0.2) is 9.18 Å². The Morgan fingerprint density at radius 1 is 1.04 bits per heavy atom. The summed E-state index contributed by atoms with van der Waals surface area (Å²) in [5.74, 6) is -2.24. The van der Waals surface area contributed by atoms with Gasteiger partial charge >= 0.3 is 5.97 Å². The molecule has 0 radical (unpaired) electrons. The largest absolute Gasteiger partial charge is 0.485 e. The first-order valence-corrected chi connectivity index (χ1v) is 7.76. The summed E-state index contributed by atoms with van der Waals surface area (Å²) in [6.45, 7) is 5.05. The molecule has 0 saturated heterocycles. The van der Waals surface area contributed by atoms with Crippen LogP contribution in [-0.4, -0.2) is 11.9 Å². The predicted octanol–water partition coefficient (Wildman–Crippen LogP) is 3.64. The fourth-order valence-corrected chi connectivity index (χ4v) is 1.86. The molecular formula is C19H20FNO4. The van der Waals surface area contributed by atoms with E-state index in [1.807, 2.05) is 35.8 Å². The highest BCUT2D eigenvalue weighted by atomic mass is 19.1. The van der Waals surface area contributed by atoms with Crippen molar-refractivity contribution in [1.82, 2.24) is 5.48 Å². The Bertz CT molecular complexity index is 754. The van der Waals surface area contributed by atoms with Crippen molar-refractivity contribution in [2.45, 2.75) is 27.4 Å². The van der Waals surface area contributed by atoms with E-state index in [2.05, 4.69) is 0 Å². The van der Waals surface area contributed by atoms with Crippen LogP contribution in [0.15, 0.2) is 48.5 Å². The van der Waals surface area contributed by atoms with Crippen LogP contribution in [0.2, 0.25) is 0 Å². The fraction of sp³-hybridized carbons (Fsp3) is 0.263. The second kappa shape index (κ2) is 7.79. The van der Waals surface area contributed by atoms with Crippen LogP contribution in [0.5, 0.6) is 5.75 Å². The van der Waals surface area contributed by atoms with Crippen LogP contribution < -0.4 is 10.2 Å². The van der Waals surface area contributed by atoms with Gasteiger partial charge in [0.2, 0.25) is 0 Å². The van der Waals surface area contributed by atoms with Gasteiger partial charge in [0.25, 0.3) is 5.91 Å². The SMILES string of the molecule is CC(C)(C)C(=O)ONC(=O)c1cccc(F)c1OCc1ccccc1. The highest BCUT2D eigenvalue weighted by Gasteiger charge is 2.25. The normalized spacial score (nSPS) is 10.9. The van der Waals surface area contributed by atoms with E-state index in [9.17, 15) is 14.0 Å². The molecule has 0 heterocycles. The molecule has 0 fully saturated rings. The Morgan fingerprint density at radius 3 is 2.36 bits per heavy atom. The number of nitrogens with one attached hydrogen (secondary N) is 1. The summed E-state index contributed by atoms with van der Waals surface area (Å²) < 4.78 is 19.6. The molecule has 1 N–H and O–H groups in total. The zero-order valence-corrected chi connectivity index (χ0v) is 14.3. The van der Waals surface area contributed by atoms with Crippen molar-refractivity contribution >= 4 is 11.9 Å². The van der Waals surface area contributed by atoms with Crippen LogP contribution in [0.1, 0.15) is 36.7 Å². The van der Waals surface area contributed by atoms with Gasteiger partial charge in [-0.2, -0.15) is 5.48 Å². The third-order valence-electron chi connectivity index (χ3n) is 3.29. The lowest BCUT2D eigenvalue weighted by atomic mass is 9.98. The van der Waals surface area contributed by atoms with Crippen LogP contribution in [0, 0.1) is 11.2 Å².